The number of rotatable bonds is 7. The average molecular weight is 568 g/mol. The summed E-state index contributed by atoms with van der Waals surface area (Å²) in [5.74, 6) is -0.947. The number of amides is 2. The highest BCUT2D eigenvalue weighted by Crippen LogP contribution is 2.30. The minimum absolute atomic E-state index is 0.0352. The van der Waals surface area contributed by atoms with E-state index in [2.05, 4.69) is 15.0 Å². The number of thioether (sulfide) groups is 1. The Morgan fingerprint density at radius 3 is 2.17 bits per heavy atom. The Bertz CT molecular complexity index is 1710. The molecule has 4 aromatic carbocycles. The maximum absolute atomic E-state index is 12.5. The Balaban J connectivity index is 1.16. The van der Waals surface area contributed by atoms with E-state index < -0.39 is 15.9 Å². The monoisotopic (exact) mass is 567 g/mol. The van der Waals surface area contributed by atoms with Crippen molar-refractivity contribution in [2.75, 3.05) is 5.32 Å². The fourth-order valence-electron chi connectivity index (χ4n) is 3.99. The van der Waals surface area contributed by atoms with Crippen molar-refractivity contribution in [1.29, 1.82) is 0 Å². The smallest absolute Gasteiger partial charge is 0.286 e. The van der Waals surface area contributed by atoms with Crippen molar-refractivity contribution < 1.29 is 18.0 Å². The van der Waals surface area contributed by atoms with E-state index in [9.17, 15) is 18.0 Å². The van der Waals surface area contributed by atoms with Gasteiger partial charge in [0, 0.05) is 5.69 Å². The van der Waals surface area contributed by atoms with Gasteiger partial charge in [-0.25, -0.2) is 13.1 Å². The van der Waals surface area contributed by atoms with Crippen LogP contribution in [0.4, 0.5) is 5.69 Å². The minimum atomic E-state index is -3.94. The van der Waals surface area contributed by atoms with Crippen LogP contribution in [0.2, 0.25) is 0 Å². The number of benzene rings is 4. The van der Waals surface area contributed by atoms with Crippen LogP contribution in [0.25, 0.3) is 17.2 Å². The van der Waals surface area contributed by atoms with Crippen molar-refractivity contribution >= 4 is 50.5 Å². The molecule has 0 saturated carbocycles. The number of amidine groups is 1. The summed E-state index contributed by atoms with van der Waals surface area (Å²) < 4.78 is 27.0. The predicted molar refractivity (Wildman–Crippen MR) is 160 cm³/mol. The number of hydrogen-bond acceptors (Lipinski definition) is 6. The third-order valence-corrected chi connectivity index (χ3v) is 8.37. The zero-order valence-electron chi connectivity index (χ0n) is 21.5. The molecule has 0 radical (unpaired) electrons. The van der Waals surface area contributed by atoms with Gasteiger partial charge >= 0.3 is 0 Å². The normalized spacial score (nSPS) is 14.2. The first-order valence-corrected chi connectivity index (χ1v) is 14.7. The van der Waals surface area contributed by atoms with Gasteiger partial charge in [-0.1, -0.05) is 84.4 Å². The molecule has 1 aliphatic heterocycles. The van der Waals surface area contributed by atoms with E-state index in [0.29, 0.717) is 21.3 Å². The summed E-state index contributed by atoms with van der Waals surface area (Å²) in [5, 5.41) is 3.57. The third-order valence-electron chi connectivity index (χ3n) is 6.09. The number of carbonyl (C=O) groups is 2. The summed E-state index contributed by atoms with van der Waals surface area (Å²) in [6, 6.07) is 31.2. The lowest BCUT2D eigenvalue weighted by atomic mass is 10.0. The molecule has 40 heavy (non-hydrogen) atoms. The molecule has 200 valence electrons. The molecular formula is C31H25N3O4S2. The van der Waals surface area contributed by atoms with Crippen LogP contribution in [-0.4, -0.2) is 25.4 Å². The van der Waals surface area contributed by atoms with Crippen molar-refractivity contribution in [3.05, 3.63) is 125 Å². The summed E-state index contributed by atoms with van der Waals surface area (Å²) in [5.41, 5.74) is 5.37. The summed E-state index contributed by atoms with van der Waals surface area (Å²) in [6.45, 7) is 1.85. The highest BCUT2D eigenvalue weighted by molar-refractivity contribution is 8.18. The molecule has 0 unspecified atom stereocenters. The molecule has 5 rings (SSSR count). The van der Waals surface area contributed by atoms with E-state index >= 15 is 0 Å². The largest absolute Gasteiger partial charge is 0.334 e. The predicted octanol–water partition coefficient (Wildman–Crippen LogP) is 5.79. The molecule has 0 atom stereocenters. The molecule has 1 heterocycles. The lowest BCUT2D eigenvalue weighted by Gasteiger charge is -2.08. The van der Waals surface area contributed by atoms with E-state index in [-0.39, 0.29) is 17.2 Å². The highest BCUT2D eigenvalue weighted by Gasteiger charge is 2.22. The van der Waals surface area contributed by atoms with Crippen LogP contribution in [0, 0.1) is 6.92 Å². The molecular weight excluding hydrogens is 542 g/mol. The molecule has 0 aromatic heterocycles. The first kappa shape index (κ1) is 27.1. The second-order valence-electron chi connectivity index (χ2n) is 9.16. The maximum Gasteiger partial charge on any atom is 0.286 e. The molecule has 2 amide bonds. The number of nitrogens with one attached hydrogen (secondary N) is 2. The van der Waals surface area contributed by atoms with Crippen LogP contribution in [0.15, 0.2) is 118 Å². The zero-order valence-corrected chi connectivity index (χ0v) is 23.1. The topological polar surface area (TPSA) is 105 Å². The molecule has 4 aromatic rings. The second kappa shape index (κ2) is 11.7. The fraction of sp³-hybridized carbons (Fsp3) is 0.0645. The zero-order chi connectivity index (χ0) is 28.1. The number of anilines is 1. The quantitative estimate of drug-likeness (QED) is 0.274. The van der Waals surface area contributed by atoms with Gasteiger partial charge in [0.15, 0.2) is 5.17 Å². The second-order valence-corrected chi connectivity index (χ2v) is 11.9. The number of aryl methyl sites for hydroxylation is 1. The Morgan fingerprint density at radius 2 is 1.50 bits per heavy atom. The van der Waals surface area contributed by atoms with Crippen molar-refractivity contribution in [2.24, 2.45) is 4.99 Å². The van der Waals surface area contributed by atoms with Gasteiger partial charge in [-0.15, -0.1) is 0 Å². The first-order valence-electron chi connectivity index (χ1n) is 12.4. The summed E-state index contributed by atoms with van der Waals surface area (Å²) in [7, 11) is -3.94. The highest BCUT2D eigenvalue weighted by atomic mass is 32.2. The Morgan fingerprint density at radius 1 is 0.850 bits per heavy atom. The van der Waals surface area contributed by atoms with Gasteiger partial charge in [-0.2, -0.15) is 4.99 Å². The van der Waals surface area contributed by atoms with Crippen LogP contribution in [-0.2, 0) is 26.0 Å². The van der Waals surface area contributed by atoms with E-state index in [1.165, 1.54) is 23.9 Å². The van der Waals surface area contributed by atoms with Crippen molar-refractivity contribution in [3.63, 3.8) is 0 Å². The molecule has 0 bridgehead atoms. The molecule has 1 aliphatic rings. The van der Waals surface area contributed by atoms with Crippen LogP contribution in [0.3, 0.4) is 0 Å². The first-order chi connectivity index (χ1) is 19.2. The summed E-state index contributed by atoms with van der Waals surface area (Å²) >= 11 is 1.25. The van der Waals surface area contributed by atoms with Crippen molar-refractivity contribution in [3.8, 4) is 11.1 Å². The van der Waals surface area contributed by atoms with Crippen LogP contribution in [0.5, 0.6) is 0 Å². The van der Waals surface area contributed by atoms with Crippen molar-refractivity contribution in [1.82, 2.24) is 4.72 Å². The molecule has 0 saturated heterocycles. The van der Waals surface area contributed by atoms with Gasteiger partial charge in [-0.3, -0.25) is 9.59 Å². The Labute approximate surface area is 237 Å². The molecule has 0 aliphatic carbocycles. The van der Waals surface area contributed by atoms with Gasteiger partial charge < -0.3 is 5.32 Å². The molecule has 2 N–H and O–H groups in total. The number of nitrogens with zero attached hydrogens (tertiary/aromatic N) is 1. The average Bonchev–Trinajstić information content (AvgIpc) is 3.28. The van der Waals surface area contributed by atoms with Crippen molar-refractivity contribution in [2.45, 2.75) is 18.2 Å². The standard InChI is InChI=1S/C31H25N3O4S2/c1-21-7-17-27(18-8-21)40(37,38)34-29(35)20-23-11-15-26(16-12-23)32-31-33-30(36)28(39-31)19-22-9-13-25(14-10-22)24-5-3-2-4-6-24/h2-19H,20H2,1H3,(H,34,35)(H,32,33,36). The van der Waals surface area contributed by atoms with Gasteiger partial charge in [0.25, 0.3) is 15.9 Å². The SMILES string of the molecule is Cc1ccc(S(=O)(=O)NC(=O)Cc2ccc(NC3=NC(=O)C(=Cc4ccc(-c5ccccc5)cc4)S3)cc2)cc1. The number of aliphatic imine (C=N–C) groups is 1. The van der Waals surface area contributed by atoms with Gasteiger partial charge in [0.2, 0.25) is 5.91 Å². The number of carbonyl (C=O) groups excluding carboxylic acids is 2. The molecule has 9 heteroatoms. The number of sulfonamides is 1. The van der Waals surface area contributed by atoms with Gasteiger partial charge in [0.1, 0.15) is 0 Å². The van der Waals surface area contributed by atoms with E-state index in [1.54, 1.807) is 36.4 Å². The lowest BCUT2D eigenvalue weighted by molar-refractivity contribution is -0.118. The maximum atomic E-state index is 12.5. The number of hydrogen-bond donors (Lipinski definition) is 2. The van der Waals surface area contributed by atoms with Crippen LogP contribution in [0.1, 0.15) is 16.7 Å². The van der Waals surface area contributed by atoms with Gasteiger partial charge in [-0.05, 0) is 71.3 Å². The Hall–Kier alpha value is -4.47. The van der Waals surface area contributed by atoms with E-state index in [4.69, 9.17) is 0 Å². The summed E-state index contributed by atoms with van der Waals surface area (Å²) in [6.07, 6.45) is 1.71. The minimum Gasteiger partial charge on any atom is -0.334 e. The van der Waals surface area contributed by atoms with Crippen LogP contribution < -0.4 is 10.0 Å². The van der Waals surface area contributed by atoms with E-state index in [0.717, 1.165) is 22.3 Å². The van der Waals surface area contributed by atoms with Gasteiger partial charge in [0.05, 0.1) is 16.2 Å². The van der Waals surface area contributed by atoms with Crippen LogP contribution >= 0.6 is 11.8 Å². The molecule has 0 fully saturated rings. The lowest BCUT2D eigenvalue weighted by Crippen LogP contribution is -2.31. The molecule has 7 nitrogen and oxygen atoms in total. The third kappa shape index (κ3) is 6.74. The Kier molecular flexibility index (Phi) is 7.95. The molecule has 0 spiro atoms. The van der Waals surface area contributed by atoms with E-state index in [1.807, 2.05) is 67.6 Å². The fourth-order valence-corrected chi connectivity index (χ4v) is 5.81. The summed E-state index contributed by atoms with van der Waals surface area (Å²) in [4.78, 5) is 29.5.